The van der Waals surface area contributed by atoms with Crippen LogP contribution in [0.1, 0.15) is 24.8 Å². The van der Waals surface area contributed by atoms with Crippen molar-refractivity contribution in [2.75, 3.05) is 0 Å². The van der Waals surface area contributed by atoms with Gasteiger partial charge in [0.05, 0.1) is 0 Å². The first-order valence-electron chi connectivity index (χ1n) is 8.24. The molecule has 114 valence electrons. The van der Waals surface area contributed by atoms with Gasteiger partial charge in [-0.15, -0.1) is 0 Å². The molecular weight excluding hydrogens is 295 g/mol. The van der Waals surface area contributed by atoms with E-state index in [1.54, 1.807) is 0 Å². The topological polar surface area (TPSA) is 0 Å². The third-order valence-corrected chi connectivity index (χ3v) is 8.09. The zero-order chi connectivity index (χ0) is 15.7. The van der Waals surface area contributed by atoms with Crippen LogP contribution >= 0.6 is 7.92 Å². The van der Waals surface area contributed by atoms with E-state index >= 15 is 0 Å². The summed E-state index contributed by atoms with van der Waals surface area (Å²) >= 11 is 0. The van der Waals surface area contributed by atoms with Crippen molar-refractivity contribution in [3.63, 3.8) is 0 Å². The molecule has 4 rings (SSSR count). The smallest absolute Gasteiger partial charge is 0.00324 e. The fraction of sp³-hybridized carbons (Fsp3) is 0.182. The largest absolute Gasteiger partial charge is 0.0622 e. The van der Waals surface area contributed by atoms with Crippen LogP contribution in [-0.2, 0) is 0 Å². The van der Waals surface area contributed by atoms with Crippen molar-refractivity contribution in [3.05, 3.63) is 96.6 Å². The summed E-state index contributed by atoms with van der Waals surface area (Å²) in [6, 6.07) is 33.2. The minimum Gasteiger partial charge on any atom is -0.0622 e. The summed E-state index contributed by atoms with van der Waals surface area (Å²) in [5, 5.41) is 3.35. The van der Waals surface area contributed by atoms with Gasteiger partial charge in [-0.1, -0.05) is 97.9 Å². The molecule has 2 unspecified atom stereocenters. The maximum absolute atomic E-state index is 2.48. The molecule has 23 heavy (non-hydrogen) atoms. The lowest BCUT2D eigenvalue weighted by Gasteiger charge is -2.27. The predicted molar refractivity (Wildman–Crippen MR) is 101 cm³/mol. The second-order valence-electron chi connectivity index (χ2n) is 6.53. The molecule has 0 radical (unpaired) electrons. The molecule has 3 aromatic carbocycles. The summed E-state index contributed by atoms with van der Waals surface area (Å²) in [6.45, 7) is 2.48. The zero-order valence-electron chi connectivity index (χ0n) is 13.4. The first-order chi connectivity index (χ1) is 11.3. The number of hydrogen-bond donors (Lipinski definition) is 0. The fourth-order valence-corrected chi connectivity index (χ4v) is 6.90. The molecule has 0 spiro atoms. The van der Waals surface area contributed by atoms with E-state index in [4.69, 9.17) is 0 Å². The molecule has 0 nitrogen and oxygen atoms in total. The highest BCUT2D eigenvalue weighted by Gasteiger charge is 2.56. The highest BCUT2D eigenvalue weighted by Crippen LogP contribution is 2.70. The van der Waals surface area contributed by atoms with Crippen molar-refractivity contribution in [3.8, 4) is 0 Å². The van der Waals surface area contributed by atoms with Gasteiger partial charge in [-0.2, -0.15) is 0 Å². The molecule has 1 aliphatic carbocycles. The van der Waals surface area contributed by atoms with Gasteiger partial charge < -0.3 is 0 Å². The summed E-state index contributed by atoms with van der Waals surface area (Å²) in [5.74, 6) is 0.676. The van der Waals surface area contributed by atoms with Crippen molar-refractivity contribution in [1.82, 2.24) is 0 Å². The minimum absolute atomic E-state index is 0.344. The van der Waals surface area contributed by atoms with Crippen LogP contribution in [0.2, 0.25) is 0 Å². The molecular formula is C22H21P. The van der Waals surface area contributed by atoms with Gasteiger partial charge in [0.2, 0.25) is 0 Å². The summed E-state index contributed by atoms with van der Waals surface area (Å²) in [6.07, 6.45) is 1.28. The molecule has 0 bridgehead atoms. The van der Waals surface area contributed by atoms with E-state index in [2.05, 4.69) is 97.9 Å². The highest BCUT2D eigenvalue weighted by atomic mass is 31.1. The third-order valence-electron chi connectivity index (χ3n) is 4.95. The van der Waals surface area contributed by atoms with E-state index in [1.165, 1.54) is 22.6 Å². The van der Waals surface area contributed by atoms with E-state index in [9.17, 15) is 0 Å². The van der Waals surface area contributed by atoms with Crippen molar-refractivity contribution in [1.29, 1.82) is 0 Å². The molecule has 1 heteroatoms. The van der Waals surface area contributed by atoms with Gasteiger partial charge in [0.25, 0.3) is 0 Å². The Morgan fingerprint density at radius 3 is 1.61 bits per heavy atom. The van der Waals surface area contributed by atoms with Gasteiger partial charge in [0.15, 0.2) is 0 Å². The Morgan fingerprint density at radius 1 is 0.696 bits per heavy atom. The standard InChI is InChI=1S/C22H21P/c1-22(17-21(22)18-11-5-2-6-12-18)23(19-13-7-3-8-14-19)20-15-9-4-10-16-20/h2-16,21H,17H2,1H3. The summed E-state index contributed by atoms with van der Waals surface area (Å²) in [5.41, 5.74) is 1.49. The van der Waals surface area contributed by atoms with Gasteiger partial charge in [-0.3, -0.25) is 0 Å². The molecule has 0 aromatic heterocycles. The zero-order valence-corrected chi connectivity index (χ0v) is 14.3. The Balaban J connectivity index is 1.75. The first-order valence-corrected chi connectivity index (χ1v) is 9.58. The molecule has 0 aliphatic heterocycles. The maximum Gasteiger partial charge on any atom is 0.00324 e. The van der Waals surface area contributed by atoms with E-state index < -0.39 is 0 Å². The predicted octanol–water partition coefficient (Wildman–Crippen LogP) is 5.07. The first kappa shape index (κ1) is 14.7. The summed E-state index contributed by atoms with van der Waals surface area (Å²) in [4.78, 5) is 0. The van der Waals surface area contributed by atoms with Crippen LogP contribution < -0.4 is 10.6 Å². The van der Waals surface area contributed by atoms with E-state index in [-0.39, 0.29) is 7.92 Å². The SMILES string of the molecule is CC1(P(c2ccccc2)c2ccccc2)CC1c1ccccc1. The molecule has 1 saturated carbocycles. The lowest BCUT2D eigenvalue weighted by molar-refractivity contribution is 0.962. The Hall–Kier alpha value is -1.91. The van der Waals surface area contributed by atoms with E-state index in [0.29, 0.717) is 11.1 Å². The fourth-order valence-electron chi connectivity index (χ4n) is 3.66. The quantitative estimate of drug-likeness (QED) is 0.590. The van der Waals surface area contributed by atoms with Crippen molar-refractivity contribution in [2.45, 2.75) is 24.4 Å². The molecule has 0 amide bonds. The summed E-state index contributed by atoms with van der Waals surface area (Å²) < 4.78 is 0. The Morgan fingerprint density at radius 2 is 1.13 bits per heavy atom. The normalized spacial score (nSPS) is 23.0. The van der Waals surface area contributed by atoms with Gasteiger partial charge in [-0.25, -0.2) is 0 Å². The lowest BCUT2D eigenvalue weighted by atomic mass is 10.1. The van der Waals surface area contributed by atoms with Crippen LogP contribution in [0.4, 0.5) is 0 Å². The number of hydrogen-bond acceptors (Lipinski definition) is 0. The Bertz CT molecular complexity index is 727. The van der Waals surface area contributed by atoms with Crippen LogP contribution in [0.5, 0.6) is 0 Å². The van der Waals surface area contributed by atoms with E-state index in [0.717, 1.165) is 0 Å². The van der Waals surface area contributed by atoms with Gasteiger partial charge in [0, 0.05) is 5.16 Å². The molecule has 1 fully saturated rings. The average molecular weight is 316 g/mol. The lowest BCUT2D eigenvalue weighted by Crippen LogP contribution is -2.22. The van der Waals surface area contributed by atoms with Gasteiger partial charge in [-0.05, 0) is 36.4 Å². The van der Waals surface area contributed by atoms with Crippen LogP contribution in [0.3, 0.4) is 0 Å². The Labute approximate surface area is 139 Å². The van der Waals surface area contributed by atoms with Gasteiger partial charge >= 0.3 is 0 Å². The van der Waals surface area contributed by atoms with Crippen molar-refractivity contribution < 1.29 is 0 Å². The minimum atomic E-state index is -0.344. The number of rotatable bonds is 4. The second-order valence-corrected chi connectivity index (χ2v) is 9.26. The Kier molecular flexibility index (Phi) is 3.79. The van der Waals surface area contributed by atoms with Crippen LogP contribution in [-0.4, -0.2) is 5.16 Å². The molecule has 0 N–H and O–H groups in total. The molecule has 0 heterocycles. The molecule has 2 atom stereocenters. The van der Waals surface area contributed by atoms with E-state index in [1.807, 2.05) is 0 Å². The monoisotopic (exact) mass is 316 g/mol. The average Bonchev–Trinajstić information content (AvgIpc) is 3.30. The number of benzene rings is 3. The van der Waals surface area contributed by atoms with Crippen molar-refractivity contribution in [2.24, 2.45) is 0 Å². The molecule has 1 aliphatic rings. The highest BCUT2D eigenvalue weighted by molar-refractivity contribution is 7.74. The molecule has 0 saturated heterocycles. The third kappa shape index (κ3) is 2.73. The van der Waals surface area contributed by atoms with Crippen LogP contribution in [0.15, 0.2) is 91.0 Å². The summed E-state index contributed by atoms with van der Waals surface area (Å²) in [7, 11) is -0.344. The van der Waals surface area contributed by atoms with Crippen LogP contribution in [0, 0.1) is 0 Å². The van der Waals surface area contributed by atoms with Crippen LogP contribution in [0.25, 0.3) is 0 Å². The molecule has 3 aromatic rings. The maximum atomic E-state index is 2.48. The second kappa shape index (κ2) is 5.95. The van der Waals surface area contributed by atoms with Gasteiger partial charge in [0.1, 0.15) is 0 Å². The van der Waals surface area contributed by atoms with Crippen molar-refractivity contribution >= 4 is 18.5 Å².